The molecule has 0 spiro atoms. The van der Waals surface area contributed by atoms with E-state index in [1.807, 2.05) is 5.38 Å². The van der Waals surface area contributed by atoms with Crippen LogP contribution in [0.15, 0.2) is 52.9 Å². The number of nitrogens with zero attached hydrogens (tertiary/aromatic N) is 1. The fourth-order valence-electron chi connectivity index (χ4n) is 3.49. The van der Waals surface area contributed by atoms with Crippen molar-refractivity contribution in [2.45, 2.75) is 49.2 Å². The molecule has 0 bridgehead atoms. The molecule has 2 aromatic carbocycles. The summed E-state index contributed by atoms with van der Waals surface area (Å²) in [6.07, 6.45) is 4.86. The Morgan fingerprint density at radius 3 is 2.71 bits per heavy atom. The van der Waals surface area contributed by atoms with Crippen molar-refractivity contribution in [2.24, 2.45) is 5.92 Å². The highest BCUT2D eigenvalue weighted by Gasteiger charge is 2.58. The van der Waals surface area contributed by atoms with Gasteiger partial charge in [0.1, 0.15) is 16.7 Å². The fraction of sp³-hybridized carbons (Fsp3) is 0.333. The first kappa shape index (κ1) is 26.6. The number of benzene rings is 2. The second-order valence-electron chi connectivity index (χ2n) is 8.06. The zero-order valence-electron chi connectivity index (χ0n) is 18.3. The van der Waals surface area contributed by atoms with Gasteiger partial charge in [-0.1, -0.05) is 31.4 Å². The largest absolute Gasteiger partial charge is 0.386 e. The molecule has 10 heteroatoms. The molecule has 1 heterocycles. The third-order valence-corrected chi connectivity index (χ3v) is 7.23. The van der Waals surface area contributed by atoms with Gasteiger partial charge in [0.25, 0.3) is 5.91 Å². The molecule has 1 aliphatic carbocycles. The minimum Gasteiger partial charge on any atom is -0.386 e. The van der Waals surface area contributed by atoms with Crippen molar-refractivity contribution < 1.29 is 23.8 Å². The molecule has 0 radical (unpaired) electrons. The smallest absolute Gasteiger partial charge is 0.255 e. The van der Waals surface area contributed by atoms with Gasteiger partial charge in [-0.3, -0.25) is 4.79 Å². The number of thiazole rings is 1. The molecule has 1 amide bonds. The highest BCUT2D eigenvalue weighted by molar-refractivity contribution is 7.80. The first-order valence-electron chi connectivity index (χ1n) is 10.7. The number of nitrogens with one attached hydrogen (secondary N) is 1. The zero-order valence-corrected chi connectivity index (χ0v) is 20.8. The van der Waals surface area contributed by atoms with Crippen LogP contribution in [-0.2, 0) is 0 Å². The Balaban J connectivity index is 0.000000196. The molecule has 4 rings (SSSR count). The SMILES string of the molecule is CCCCC1CC1(O)C(O)c1nccs1.O=C(Nc1ccc(F)c(F)c1)c1ccc(Cl)c(S)c1. The van der Waals surface area contributed by atoms with Crippen LogP contribution in [0.4, 0.5) is 14.5 Å². The van der Waals surface area contributed by atoms with Crippen molar-refractivity contribution in [2.75, 3.05) is 5.32 Å². The van der Waals surface area contributed by atoms with Gasteiger partial charge in [0, 0.05) is 33.8 Å². The maximum atomic E-state index is 13.0. The lowest BCUT2D eigenvalue weighted by Gasteiger charge is -2.16. The number of amides is 1. The number of carbonyl (C=O) groups excluding carboxylic acids is 1. The molecule has 34 heavy (non-hydrogen) atoms. The van der Waals surface area contributed by atoms with Crippen LogP contribution in [0.3, 0.4) is 0 Å². The van der Waals surface area contributed by atoms with Crippen molar-refractivity contribution in [3.05, 3.63) is 75.2 Å². The van der Waals surface area contributed by atoms with Crippen LogP contribution in [0.5, 0.6) is 0 Å². The van der Waals surface area contributed by atoms with E-state index in [0.29, 0.717) is 26.9 Å². The number of hydrogen-bond acceptors (Lipinski definition) is 6. The predicted octanol–water partition coefficient (Wildman–Crippen LogP) is 6.28. The summed E-state index contributed by atoms with van der Waals surface area (Å²) in [4.78, 5) is 16.4. The number of halogens is 3. The molecule has 1 aliphatic rings. The quantitative estimate of drug-likeness (QED) is 0.273. The maximum Gasteiger partial charge on any atom is 0.255 e. The molecule has 182 valence electrons. The second-order valence-corrected chi connectivity index (χ2v) is 9.87. The molecule has 1 fully saturated rings. The Hall–Kier alpha value is -2.04. The number of aromatic nitrogens is 1. The van der Waals surface area contributed by atoms with Crippen molar-refractivity contribution in [3.8, 4) is 0 Å². The Morgan fingerprint density at radius 2 is 2.09 bits per heavy atom. The number of anilines is 1. The van der Waals surface area contributed by atoms with Crippen LogP contribution < -0.4 is 5.32 Å². The third kappa shape index (κ3) is 6.55. The van der Waals surface area contributed by atoms with Crippen LogP contribution in [0.25, 0.3) is 0 Å². The lowest BCUT2D eigenvalue weighted by molar-refractivity contribution is -0.0145. The Labute approximate surface area is 211 Å². The van der Waals surface area contributed by atoms with Crippen LogP contribution in [0.1, 0.15) is 54.1 Å². The maximum absolute atomic E-state index is 13.0. The summed E-state index contributed by atoms with van der Waals surface area (Å²) in [5.74, 6) is -2.19. The molecular weight excluding hydrogens is 502 g/mol. The van der Waals surface area contributed by atoms with Gasteiger partial charge in [0.15, 0.2) is 11.6 Å². The average Bonchev–Trinajstić information content (AvgIpc) is 3.20. The van der Waals surface area contributed by atoms with E-state index in [4.69, 9.17) is 11.6 Å². The summed E-state index contributed by atoms with van der Waals surface area (Å²) in [6, 6.07) is 7.65. The Bertz CT molecular complexity index is 1130. The average molecular weight is 527 g/mol. The van der Waals surface area contributed by atoms with Crippen molar-refractivity contribution >= 4 is 47.2 Å². The number of aliphatic hydroxyl groups is 2. The molecule has 3 unspecified atom stereocenters. The highest BCUT2D eigenvalue weighted by Crippen LogP contribution is 2.54. The van der Waals surface area contributed by atoms with E-state index in [2.05, 4.69) is 29.9 Å². The third-order valence-electron chi connectivity index (χ3n) is 5.57. The number of rotatable bonds is 7. The molecule has 3 atom stereocenters. The predicted molar refractivity (Wildman–Crippen MR) is 133 cm³/mol. The molecule has 0 saturated heterocycles. The summed E-state index contributed by atoms with van der Waals surface area (Å²) in [5.41, 5.74) is -0.411. The van der Waals surface area contributed by atoms with E-state index < -0.39 is 29.2 Å². The molecule has 0 aliphatic heterocycles. The van der Waals surface area contributed by atoms with Crippen molar-refractivity contribution in [1.29, 1.82) is 0 Å². The Kier molecular flexibility index (Phi) is 9.06. The first-order chi connectivity index (χ1) is 16.2. The number of carbonyl (C=O) groups is 1. The van der Waals surface area contributed by atoms with Crippen molar-refractivity contribution in [1.82, 2.24) is 4.98 Å². The van der Waals surface area contributed by atoms with E-state index in [1.165, 1.54) is 35.6 Å². The van der Waals surface area contributed by atoms with Crippen LogP contribution >= 0.6 is 35.6 Å². The number of aliphatic hydroxyl groups excluding tert-OH is 1. The molecule has 3 aromatic rings. The van der Waals surface area contributed by atoms with Gasteiger partial charge in [-0.25, -0.2) is 13.8 Å². The Morgan fingerprint density at radius 1 is 1.32 bits per heavy atom. The molecular formula is C24H25ClF2N2O3S2. The van der Waals surface area contributed by atoms with E-state index in [0.717, 1.165) is 31.4 Å². The van der Waals surface area contributed by atoms with E-state index >= 15 is 0 Å². The summed E-state index contributed by atoms with van der Waals surface area (Å²) in [7, 11) is 0. The lowest BCUT2D eigenvalue weighted by Crippen LogP contribution is -2.22. The normalized spacial score (nSPS) is 19.7. The van der Waals surface area contributed by atoms with Gasteiger partial charge in [-0.15, -0.1) is 24.0 Å². The molecule has 1 aromatic heterocycles. The highest BCUT2D eigenvalue weighted by atomic mass is 35.5. The van der Waals surface area contributed by atoms with Gasteiger partial charge in [-0.2, -0.15) is 0 Å². The minimum atomic E-state index is -1.02. The van der Waals surface area contributed by atoms with E-state index in [1.54, 1.807) is 6.20 Å². The molecule has 5 nitrogen and oxygen atoms in total. The summed E-state index contributed by atoms with van der Waals surface area (Å²) in [6.45, 7) is 2.14. The topological polar surface area (TPSA) is 82.5 Å². The van der Waals surface area contributed by atoms with Gasteiger partial charge in [-0.05, 0) is 49.1 Å². The van der Waals surface area contributed by atoms with Gasteiger partial charge in [0.2, 0.25) is 0 Å². The number of unbranched alkanes of at least 4 members (excludes halogenated alkanes) is 1. The van der Waals surface area contributed by atoms with Crippen LogP contribution in [0, 0.1) is 17.6 Å². The fourth-order valence-corrected chi connectivity index (χ4v) is 4.53. The second kappa shape index (κ2) is 11.6. The van der Waals surface area contributed by atoms with Gasteiger partial charge < -0.3 is 15.5 Å². The number of hydrogen-bond donors (Lipinski definition) is 4. The minimum absolute atomic E-state index is 0.166. The van der Waals surface area contributed by atoms with Crippen LogP contribution in [-0.4, -0.2) is 26.7 Å². The summed E-state index contributed by atoms with van der Waals surface area (Å²) < 4.78 is 25.7. The lowest BCUT2D eigenvalue weighted by atomic mass is 10.1. The zero-order chi connectivity index (χ0) is 24.9. The first-order valence-corrected chi connectivity index (χ1v) is 12.4. The monoisotopic (exact) mass is 526 g/mol. The van der Waals surface area contributed by atoms with Crippen LogP contribution in [0.2, 0.25) is 5.02 Å². The summed E-state index contributed by atoms with van der Waals surface area (Å²) >= 11 is 11.3. The number of thiol groups is 1. The standard InChI is InChI=1S/C13H8ClF2NOS.C11H17NO2S/c14-9-3-1-7(5-12(9)19)13(18)17-8-2-4-10(15)11(16)6-8;1-2-3-4-8-7-11(8,14)9(13)10-12-5-6-15-10/h1-6,19H,(H,17,18);5-6,8-9,13-14H,2-4,7H2,1H3. The van der Waals surface area contributed by atoms with Gasteiger partial charge >= 0.3 is 0 Å². The van der Waals surface area contributed by atoms with Crippen molar-refractivity contribution in [3.63, 3.8) is 0 Å². The van der Waals surface area contributed by atoms with E-state index in [-0.39, 0.29) is 11.6 Å². The van der Waals surface area contributed by atoms with Gasteiger partial charge in [0.05, 0.1) is 5.02 Å². The van der Waals surface area contributed by atoms with E-state index in [9.17, 15) is 23.8 Å². The molecule has 1 saturated carbocycles. The summed E-state index contributed by atoms with van der Waals surface area (Å²) in [5, 5.41) is 25.5. The molecule has 3 N–H and O–H groups in total.